The molecule has 134 valence electrons. The summed E-state index contributed by atoms with van der Waals surface area (Å²) >= 11 is 0. The fourth-order valence-electron chi connectivity index (χ4n) is 2.31. The number of likely N-dealkylation sites (N-methyl/N-ethyl adjacent to an activating group) is 1. The van der Waals surface area contributed by atoms with E-state index in [0.717, 1.165) is 0 Å². The van der Waals surface area contributed by atoms with Gasteiger partial charge in [-0.1, -0.05) is 6.07 Å². The van der Waals surface area contributed by atoms with E-state index in [1.807, 2.05) is 0 Å². The SMILES string of the molecule is COc1ccc(CNC(=O)CN(C)C(=O)C(C)n2cccn2)cc1F. The zero-order valence-electron chi connectivity index (χ0n) is 14.4. The van der Waals surface area contributed by atoms with Gasteiger partial charge in [0.25, 0.3) is 0 Å². The second kappa shape index (κ2) is 8.27. The maximum Gasteiger partial charge on any atom is 0.247 e. The third-order valence-electron chi connectivity index (χ3n) is 3.74. The summed E-state index contributed by atoms with van der Waals surface area (Å²) in [7, 11) is 2.94. The zero-order valence-corrected chi connectivity index (χ0v) is 14.4. The lowest BCUT2D eigenvalue weighted by Crippen LogP contribution is -2.40. The Morgan fingerprint density at radius 1 is 1.44 bits per heavy atom. The Morgan fingerprint density at radius 2 is 2.20 bits per heavy atom. The quantitative estimate of drug-likeness (QED) is 0.820. The first-order chi connectivity index (χ1) is 11.9. The van der Waals surface area contributed by atoms with Crippen molar-refractivity contribution in [3.05, 3.63) is 48.0 Å². The maximum atomic E-state index is 13.6. The zero-order chi connectivity index (χ0) is 18.4. The van der Waals surface area contributed by atoms with E-state index in [2.05, 4.69) is 10.4 Å². The van der Waals surface area contributed by atoms with Gasteiger partial charge in [0.05, 0.1) is 13.7 Å². The molecule has 7 nitrogen and oxygen atoms in total. The van der Waals surface area contributed by atoms with Gasteiger partial charge >= 0.3 is 0 Å². The number of hydrogen-bond acceptors (Lipinski definition) is 4. The molecule has 1 unspecified atom stereocenters. The predicted octanol–water partition coefficient (Wildman–Crippen LogP) is 1.37. The molecular weight excluding hydrogens is 327 g/mol. The highest BCUT2D eigenvalue weighted by Crippen LogP contribution is 2.17. The number of hydrogen-bond donors (Lipinski definition) is 1. The lowest BCUT2D eigenvalue weighted by Gasteiger charge is -2.21. The molecule has 0 radical (unpaired) electrons. The molecule has 8 heteroatoms. The Bertz CT molecular complexity index is 733. The molecule has 0 aliphatic heterocycles. The summed E-state index contributed by atoms with van der Waals surface area (Å²) in [6, 6.07) is 5.69. The molecule has 0 saturated heterocycles. The van der Waals surface area contributed by atoms with Gasteiger partial charge < -0.3 is 15.0 Å². The Hall–Kier alpha value is -2.90. The summed E-state index contributed by atoms with van der Waals surface area (Å²) in [6.45, 7) is 1.78. The average molecular weight is 348 g/mol. The van der Waals surface area contributed by atoms with Gasteiger partial charge in [-0.25, -0.2) is 4.39 Å². The van der Waals surface area contributed by atoms with E-state index in [1.54, 1.807) is 38.5 Å². The van der Waals surface area contributed by atoms with Gasteiger partial charge in [0.1, 0.15) is 6.04 Å². The summed E-state index contributed by atoms with van der Waals surface area (Å²) in [5, 5.41) is 6.68. The molecule has 0 aliphatic carbocycles. The van der Waals surface area contributed by atoms with E-state index in [9.17, 15) is 14.0 Å². The molecule has 0 bridgehead atoms. The lowest BCUT2D eigenvalue weighted by atomic mass is 10.2. The van der Waals surface area contributed by atoms with Crippen LogP contribution in [-0.4, -0.2) is 47.2 Å². The van der Waals surface area contributed by atoms with Crippen LogP contribution in [0.15, 0.2) is 36.7 Å². The normalized spacial score (nSPS) is 11.7. The number of carbonyl (C=O) groups is 2. The number of benzene rings is 1. The van der Waals surface area contributed by atoms with Crippen molar-refractivity contribution in [3.8, 4) is 5.75 Å². The van der Waals surface area contributed by atoms with Crippen molar-refractivity contribution in [2.75, 3.05) is 20.7 Å². The summed E-state index contributed by atoms with van der Waals surface area (Å²) in [5.74, 6) is -0.906. The van der Waals surface area contributed by atoms with Crippen LogP contribution in [0.25, 0.3) is 0 Å². The van der Waals surface area contributed by atoms with Crippen LogP contribution in [0.4, 0.5) is 4.39 Å². The standard InChI is InChI=1S/C17H21FN4O3/c1-12(22-8-4-7-20-22)17(24)21(2)11-16(23)19-10-13-5-6-15(25-3)14(18)9-13/h4-9,12H,10-11H2,1-3H3,(H,19,23). The number of aromatic nitrogens is 2. The van der Waals surface area contributed by atoms with Crippen molar-refractivity contribution in [2.45, 2.75) is 19.5 Å². The molecule has 2 rings (SSSR count). The number of rotatable bonds is 7. The molecule has 0 saturated carbocycles. The van der Waals surface area contributed by atoms with Crippen LogP contribution in [0.3, 0.4) is 0 Å². The summed E-state index contributed by atoms with van der Waals surface area (Å²) in [5.41, 5.74) is 0.602. The minimum atomic E-state index is -0.497. The van der Waals surface area contributed by atoms with Gasteiger partial charge in [-0.15, -0.1) is 0 Å². The smallest absolute Gasteiger partial charge is 0.247 e. The van der Waals surface area contributed by atoms with E-state index >= 15 is 0 Å². The second-order valence-electron chi connectivity index (χ2n) is 5.60. The molecule has 1 aromatic carbocycles. The van der Waals surface area contributed by atoms with Crippen LogP contribution in [0, 0.1) is 5.82 Å². The first-order valence-electron chi connectivity index (χ1n) is 7.75. The van der Waals surface area contributed by atoms with Gasteiger partial charge in [0.2, 0.25) is 11.8 Å². The van der Waals surface area contributed by atoms with Crippen LogP contribution >= 0.6 is 0 Å². The average Bonchev–Trinajstić information content (AvgIpc) is 3.13. The predicted molar refractivity (Wildman–Crippen MR) is 89.4 cm³/mol. The monoisotopic (exact) mass is 348 g/mol. The minimum absolute atomic E-state index is 0.0942. The Kier molecular flexibility index (Phi) is 6.10. The van der Waals surface area contributed by atoms with Crippen LogP contribution in [0.1, 0.15) is 18.5 Å². The number of amides is 2. The van der Waals surface area contributed by atoms with Crippen molar-refractivity contribution < 1.29 is 18.7 Å². The molecule has 2 aromatic rings. The highest BCUT2D eigenvalue weighted by Gasteiger charge is 2.21. The maximum absolute atomic E-state index is 13.6. The van der Waals surface area contributed by atoms with Crippen LogP contribution in [0.2, 0.25) is 0 Å². The molecule has 0 spiro atoms. The lowest BCUT2D eigenvalue weighted by molar-refractivity contribution is -0.137. The van der Waals surface area contributed by atoms with E-state index in [1.165, 1.54) is 28.8 Å². The molecule has 2 amide bonds. The third kappa shape index (κ3) is 4.79. The van der Waals surface area contributed by atoms with Gasteiger partial charge in [-0.2, -0.15) is 5.10 Å². The van der Waals surface area contributed by atoms with Gasteiger partial charge in [0, 0.05) is 26.0 Å². The molecular formula is C17H21FN4O3. The largest absolute Gasteiger partial charge is 0.494 e. The topological polar surface area (TPSA) is 76.5 Å². The minimum Gasteiger partial charge on any atom is -0.494 e. The number of nitrogens with zero attached hydrogens (tertiary/aromatic N) is 3. The van der Waals surface area contributed by atoms with Crippen molar-refractivity contribution in [3.63, 3.8) is 0 Å². The fraction of sp³-hybridized carbons (Fsp3) is 0.353. The number of methoxy groups -OCH3 is 1. The third-order valence-corrected chi connectivity index (χ3v) is 3.74. The van der Waals surface area contributed by atoms with E-state index in [4.69, 9.17) is 4.74 Å². The first kappa shape index (κ1) is 18.4. The van der Waals surface area contributed by atoms with Crippen molar-refractivity contribution in [2.24, 2.45) is 0 Å². The first-order valence-corrected chi connectivity index (χ1v) is 7.75. The van der Waals surface area contributed by atoms with E-state index in [0.29, 0.717) is 5.56 Å². The Balaban J connectivity index is 1.85. The fourth-order valence-corrected chi connectivity index (χ4v) is 2.31. The number of carbonyl (C=O) groups excluding carboxylic acids is 2. The summed E-state index contributed by atoms with van der Waals surface area (Å²) in [6.07, 6.45) is 3.28. The highest BCUT2D eigenvalue weighted by atomic mass is 19.1. The summed E-state index contributed by atoms with van der Waals surface area (Å²) < 4.78 is 20.0. The Labute approximate surface area is 145 Å². The van der Waals surface area contributed by atoms with Crippen molar-refractivity contribution in [1.29, 1.82) is 0 Å². The van der Waals surface area contributed by atoms with Crippen LogP contribution in [0.5, 0.6) is 5.75 Å². The molecule has 1 N–H and O–H groups in total. The molecule has 1 atom stereocenters. The van der Waals surface area contributed by atoms with Crippen LogP contribution in [-0.2, 0) is 16.1 Å². The number of nitrogens with one attached hydrogen (secondary N) is 1. The number of halogens is 1. The molecule has 0 fully saturated rings. The molecule has 0 aliphatic rings. The van der Waals surface area contributed by atoms with Gasteiger partial charge in [-0.3, -0.25) is 14.3 Å². The van der Waals surface area contributed by atoms with E-state index < -0.39 is 11.9 Å². The Morgan fingerprint density at radius 3 is 2.80 bits per heavy atom. The van der Waals surface area contributed by atoms with Crippen molar-refractivity contribution >= 4 is 11.8 Å². The van der Waals surface area contributed by atoms with Crippen molar-refractivity contribution in [1.82, 2.24) is 20.0 Å². The molecule has 25 heavy (non-hydrogen) atoms. The molecule has 1 aromatic heterocycles. The molecule has 1 heterocycles. The number of ether oxygens (including phenoxy) is 1. The van der Waals surface area contributed by atoms with Gasteiger partial charge in [-0.05, 0) is 30.7 Å². The second-order valence-corrected chi connectivity index (χ2v) is 5.60. The highest BCUT2D eigenvalue weighted by molar-refractivity contribution is 5.86. The van der Waals surface area contributed by atoms with Crippen LogP contribution < -0.4 is 10.1 Å². The van der Waals surface area contributed by atoms with E-state index in [-0.39, 0.29) is 30.7 Å². The van der Waals surface area contributed by atoms with Gasteiger partial charge in [0.15, 0.2) is 11.6 Å². The summed E-state index contributed by atoms with van der Waals surface area (Å²) in [4.78, 5) is 25.6.